The van der Waals surface area contributed by atoms with Crippen molar-refractivity contribution >= 4 is 23.3 Å². The number of primary amides is 1. The smallest absolute Gasteiger partial charge is 0.225 e. The molecule has 0 saturated heterocycles. The first-order valence-electron chi connectivity index (χ1n) is 12.4. The third kappa shape index (κ3) is 4.70. The highest BCUT2D eigenvalue weighted by Gasteiger charge is 2.62. The minimum atomic E-state index is -2.67. The van der Waals surface area contributed by atoms with Gasteiger partial charge in [-0.15, -0.1) is 0 Å². The fourth-order valence-electron chi connectivity index (χ4n) is 5.96. The summed E-state index contributed by atoms with van der Waals surface area (Å²) in [4.78, 5) is 55.9. The summed E-state index contributed by atoms with van der Waals surface area (Å²) in [6.45, 7) is 5.76. The quantitative estimate of drug-likeness (QED) is 0.319. The number of ketones is 3. The Morgan fingerprint density at radius 3 is 2.36 bits per heavy atom. The number of hydrogen-bond acceptors (Lipinski definition) is 9. The molecule has 2 aliphatic rings. The van der Waals surface area contributed by atoms with E-state index in [0.717, 1.165) is 18.7 Å². The standard InChI is InChI=1S/C26H37N3O7/c1-5-29(6-2)12-14-7-8-19(31)23-16(14)9-15-10-17(18(13-30)28(3)4)26(36,20(32)11-21(27)33)25(35)22(15)24(23)34/h7-8,15,17-18,22,30-31,36H,5-6,9-13H2,1-4H3,(H2,27,33)/t15-,17-,18?,22?,26+/m0/s1. The second-order valence-electron chi connectivity index (χ2n) is 10.1. The Labute approximate surface area is 211 Å². The molecule has 10 nitrogen and oxygen atoms in total. The molecule has 0 bridgehead atoms. The molecule has 1 fully saturated rings. The summed E-state index contributed by atoms with van der Waals surface area (Å²) in [6, 6.07) is 2.43. The molecule has 5 atom stereocenters. The predicted octanol–water partition coefficient (Wildman–Crippen LogP) is -0.108. The van der Waals surface area contributed by atoms with E-state index >= 15 is 0 Å². The number of phenols is 1. The summed E-state index contributed by atoms with van der Waals surface area (Å²) in [5, 5.41) is 32.3. The van der Waals surface area contributed by atoms with Crippen LogP contribution in [0, 0.1) is 17.8 Å². The molecule has 36 heavy (non-hydrogen) atoms. The molecule has 3 rings (SSSR count). The van der Waals surface area contributed by atoms with Gasteiger partial charge in [-0.3, -0.25) is 24.1 Å². The number of fused-ring (bicyclic) bond motifs is 2. The topological polar surface area (TPSA) is 161 Å². The molecule has 0 heterocycles. The zero-order valence-corrected chi connectivity index (χ0v) is 21.4. The summed E-state index contributed by atoms with van der Waals surface area (Å²) >= 11 is 0. The first-order chi connectivity index (χ1) is 16.9. The monoisotopic (exact) mass is 503 g/mol. The number of carbonyl (C=O) groups excluding carboxylic acids is 4. The van der Waals surface area contributed by atoms with E-state index in [1.807, 2.05) is 13.8 Å². The van der Waals surface area contributed by atoms with E-state index < -0.39 is 65.7 Å². The molecule has 1 amide bonds. The van der Waals surface area contributed by atoms with Crippen molar-refractivity contribution in [2.24, 2.45) is 23.5 Å². The normalized spacial score (nSPS) is 26.6. The Kier molecular flexibility index (Phi) is 8.34. The second-order valence-corrected chi connectivity index (χ2v) is 10.1. The number of rotatable bonds is 10. The Hall–Kier alpha value is -2.66. The van der Waals surface area contributed by atoms with E-state index in [-0.39, 0.29) is 17.7 Å². The van der Waals surface area contributed by atoms with Crippen LogP contribution >= 0.6 is 0 Å². The Morgan fingerprint density at radius 1 is 1.19 bits per heavy atom. The molecule has 1 saturated carbocycles. The summed E-state index contributed by atoms with van der Waals surface area (Å²) in [6.07, 6.45) is -0.483. The van der Waals surface area contributed by atoms with Gasteiger partial charge in [0.05, 0.1) is 24.5 Å². The van der Waals surface area contributed by atoms with Crippen molar-refractivity contribution in [3.05, 3.63) is 28.8 Å². The maximum atomic E-state index is 13.8. The average Bonchev–Trinajstić information content (AvgIpc) is 2.81. The van der Waals surface area contributed by atoms with Gasteiger partial charge in [0.25, 0.3) is 0 Å². The van der Waals surface area contributed by atoms with Gasteiger partial charge in [-0.1, -0.05) is 19.9 Å². The van der Waals surface area contributed by atoms with E-state index in [2.05, 4.69) is 4.90 Å². The molecular weight excluding hydrogens is 466 g/mol. The van der Waals surface area contributed by atoms with Gasteiger partial charge in [0.2, 0.25) is 5.91 Å². The Morgan fingerprint density at radius 2 is 1.83 bits per heavy atom. The molecule has 5 N–H and O–H groups in total. The fourth-order valence-corrected chi connectivity index (χ4v) is 5.96. The molecular formula is C26H37N3O7. The molecule has 1 aromatic carbocycles. The van der Waals surface area contributed by atoms with Crippen LogP contribution in [0.4, 0.5) is 0 Å². The minimum Gasteiger partial charge on any atom is -0.507 e. The third-order valence-electron chi connectivity index (χ3n) is 7.97. The molecule has 1 aromatic rings. The number of carbonyl (C=O) groups is 4. The average molecular weight is 504 g/mol. The highest BCUT2D eigenvalue weighted by atomic mass is 16.3. The van der Waals surface area contributed by atoms with Gasteiger partial charge in [0.15, 0.2) is 23.0 Å². The molecule has 2 aliphatic carbocycles. The van der Waals surface area contributed by atoms with Crippen molar-refractivity contribution in [1.29, 1.82) is 0 Å². The van der Waals surface area contributed by atoms with Gasteiger partial charge in [0.1, 0.15) is 5.75 Å². The number of phenolic OH excluding ortho intramolecular Hbond substituents is 1. The maximum absolute atomic E-state index is 13.8. The van der Waals surface area contributed by atoms with Crippen LogP contribution in [0.5, 0.6) is 5.75 Å². The zero-order valence-electron chi connectivity index (χ0n) is 21.4. The molecule has 2 unspecified atom stereocenters. The first kappa shape index (κ1) is 27.9. The van der Waals surface area contributed by atoms with E-state index in [0.29, 0.717) is 18.5 Å². The van der Waals surface area contributed by atoms with Crippen LogP contribution in [-0.4, -0.2) is 93.8 Å². The predicted molar refractivity (Wildman–Crippen MR) is 131 cm³/mol. The molecule has 198 valence electrons. The lowest BCUT2D eigenvalue weighted by Crippen LogP contribution is -2.67. The zero-order chi connectivity index (χ0) is 26.9. The van der Waals surface area contributed by atoms with Gasteiger partial charge < -0.3 is 26.0 Å². The van der Waals surface area contributed by atoms with Crippen LogP contribution in [0.2, 0.25) is 0 Å². The van der Waals surface area contributed by atoms with Crippen LogP contribution in [-0.2, 0) is 27.3 Å². The summed E-state index contributed by atoms with van der Waals surface area (Å²) in [7, 11) is 3.30. The first-order valence-corrected chi connectivity index (χ1v) is 12.4. The van der Waals surface area contributed by atoms with Crippen molar-refractivity contribution in [2.75, 3.05) is 33.8 Å². The van der Waals surface area contributed by atoms with Gasteiger partial charge >= 0.3 is 0 Å². The van der Waals surface area contributed by atoms with E-state index in [4.69, 9.17) is 5.73 Å². The van der Waals surface area contributed by atoms with Gasteiger partial charge in [0, 0.05) is 18.5 Å². The Bertz CT molecular complexity index is 1050. The lowest BCUT2D eigenvalue weighted by atomic mass is 9.56. The van der Waals surface area contributed by atoms with Crippen molar-refractivity contribution in [1.82, 2.24) is 9.80 Å². The van der Waals surface area contributed by atoms with E-state index in [1.165, 1.54) is 6.07 Å². The van der Waals surface area contributed by atoms with Crippen molar-refractivity contribution in [3.63, 3.8) is 0 Å². The molecule has 0 aromatic heterocycles. The minimum absolute atomic E-state index is 0.0451. The number of nitrogens with zero attached hydrogens (tertiary/aromatic N) is 2. The summed E-state index contributed by atoms with van der Waals surface area (Å²) in [5.41, 5.74) is 4.11. The number of Topliss-reactive ketones (excluding diaryl/α,β-unsaturated/α-hetero) is 3. The SMILES string of the molecule is CCN(CC)Cc1ccc(O)c2c1C[C@H]1C[C@@H](C(CO)N(C)C)[C@@](O)(C(=O)CC(N)=O)C(=O)C1C2=O. The number of amides is 1. The van der Waals surface area contributed by atoms with Crippen molar-refractivity contribution < 1.29 is 34.5 Å². The number of likely N-dealkylation sites (N-methyl/N-ethyl adjacent to an activating group) is 1. The van der Waals surface area contributed by atoms with E-state index in [1.54, 1.807) is 25.1 Å². The molecule has 0 aliphatic heterocycles. The molecule has 0 radical (unpaired) electrons. The largest absolute Gasteiger partial charge is 0.507 e. The van der Waals surface area contributed by atoms with Crippen LogP contribution < -0.4 is 5.73 Å². The van der Waals surface area contributed by atoms with Crippen LogP contribution in [0.25, 0.3) is 0 Å². The number of nitrogens with two attached hydrogens (primary N) is 1. The number of benzene rings is 1. The highest BCUT2D eigenvalue weighted by Crippen LogP contribution is 2.48. The van der Waals surface area contributed by atoms with Crippen LogP contribution in [0.15, 0.2) is 12.1 Å². The Balaban J connectivity index is 2.14. The van der Waals surface area contributed by atoms with Crippen LogP contribution in [0.3, 0.4) is 0 Å². The summed E-state index contributed by atoms with van der Waals surface area (Å²) in [5.74, 6) is -6.94. The number of hydrogen-bond donors (Lipinski definition) is 4. The number of aromatic hydroxyl groups is 1. The van der Waals surface area contributed by atoms with E-state index in [9.17, 15) is 34.5 Å². The number of aliphatic hydroxyl groups excluding tert-OH is 1. The second kappa shape index (κ2) is 10.8. The molecule has 10 heteroatoms. The highest BCUT2D eigenvalue weighted by molar-refractivity contribution is 6.24. The molecule has 0 spiro atoms. The maximum Gasteiger partial charge on any atom is 0.225 e. The fraction of sp³-hybridized carbons (Fsp3) is 0.615. The number of aliphatic hydroxyl groups is 2. The van der Waals surface area contributed by atoms with Gasteiger partial charge in [-0.25, -0.2) is 0 Å². The summed E-state index contributed by atoms with van der Waals surface area (Å²) < 4.78 is 0. The van der Waals surface area contributed by atoms with Crippen molar-refractivity contribution in [3.8, 4) is 5.75 Å². The van der Waals surface area contributed by atoms with Crippen LogP contribution in [0.1, 0.15) is 48.2 Å². The third-order valence-corrected chi connectivity index (χ3v) is 7.97. The lowest BCUT2D eigenvalue weighted by Gasteiger charge is -2.49. The van der Waals surface area contributed by atoms with Gasteiger partial charge in [-0.2, -0.15) is 0 Å². The van der Waals surface area contributed by atoms with Gasteiger partial charge in [-0.05, 0) is 63.1 Å². The van der Waals surface area contributed by atoms with Crippen molar-refractivity contribution in [2.45, 2.75) is 51.3 Å². The lowest BCUT2D eigenvalue weighted by molar-refractivity contribution is -0.171.